The van der Waals surface area contributed by atoms with E-state index in [0.717, 1.165) is 37.3 Å². The first-order valence-corrected chi connectivity index (χ1v) is 10.7. The fraction of sp³-hybridized carbons (Fsp3) is 0.409. The zero-order valence-electron chi connectivity index (χ0n) is 17.8. The summed E-state index contributed by atoms with van der Waals surface area (Å²) in [7, 11) is 0. The summed E-state index contributed by atoms with van der Waals surface area (Å²) in [6, 6.07) is 5.24. The highest BCUT2D eigenvalue weighted by Crippen LogP contribution is 2.43. The second-order valence-corrected chi connectivity index (χ2v) is 8.52. The van der Waals surface area contributed by atoms with Gasteiger partial charge in [-0.05, 0) is 43.4 Å². The van der Waals surface area contributed by atoms with Gasteiger partial charge in [0.1, 0.15) is 18.0 Å². The largest absolute Gasteiger partial charge is 0.465 e. The molecule has 1 unspecified atom stereocenters. The number of benzene rings is 1. The molecule has 32 heavy (non-hydrogen) atoms. The maximum atomic E-state index is 14.5. The lowest BCUT2D eigenvalue weighted by atomic mass is 9.71. The Labute approximate surface area is 183 Å². The van der Waals surface area contributed by atoms with E-state index >= 15 is 0 Å². The van der Waals surface area contributed by atoms with Crippen molar-refractivity contribution >= 4 is 5.65 Å². The molecule has 1 fully saturated rings. The molecule has 0 spiro atoms. The predicted molar refractivity (Wildman–Crippen MR) is 112 cm³/mol. The first-order chi connectivity index (χ1) is 15.4. The second-order valence-electron chi connectivity index (χ2n) is 8.52. The Kier molecular flexibility index (Phi) is 5.07. The van der Waals surface area contributed by atoms with Gasteiger partial charge in [-0.15, -0.1) is 15.3 Å². The average molecular weight is 439 g/mol. The molecule has 1 aliphatic rings. The predicted octanol–water partition coefficient (Wildman–Crippen LogP) is 4.55. The third kappa shape index (κ3) is 3.59. The van der Waals surface area contributed by atoms with Gasteiger partial charge < -0.3 is 4.74 Å². The van der Waals surface area contributed by atoms with Crippen LogP contribution < -0.4 is 4.74 Å². The molecule has 0 amide bonds. The fourth-order valence-corrected chi connectivity index (χ4v) is 4.41. The summed E-state index contributed by atoms with van der Waals surface area (Å²) in [5.74, 6) is -0.318. The molecule has 1 aromatic carbocycles. The zero-order valence-corrected chi connectivity index (χ0v) is 17.8. The SMILES string of the molecule is CC(Oc1nn2c(-c3ccc(F)cc3F)nnc2cc1C1(C)CCCCC1)c1nc[nH]n1. The number of rotatable bonds is 5. The molecule has 3 heterocycles. The molecule has 8 nitrogen and oxygen atoms in total. The van der Waals surface area contributed by atoms with E-state index in [4.69, 9.17) is 4.74 Å². The summed E-state index contributed by atoms with van der Waals surface area (Å²) in [5.41, 5.74) is 1.39. The third-order valence-electron chi connectivity index (χ3n) is 6.22. The Morgan fingerprint density at radius 3 is 2.66 bits per heavy atom. The van der Waals surface area contributed by atoms with E-state index in [1.54, 1.807) is 0 Å². The average Bonchev–Trinajstić information content (AvgIpc) is 3.44. The topological polar surface area (TPSA) is 93.9 Å². The number of nitrogens with one attached hydrogen (secondary N) is 1. The molecule has 3 aromatic heterocycles. The lowest BCUT2D eigenvalue weighted by Gasteiger charge is -2.35. The number of hydrogen-bond acceptors (Lipinski definition) is 6. The van der Waals surface area contributed by atoms with E-state index in [9.17, 15) is 8.78 Å². The fourth-order valence-electron chi connectivity index (χ4n) is 4.41. The van der Waals surface area contributed by atoms with Gasteiger partial charge in [0.2, 0.25) is 5.88 Å². The van der Waals surface area contributed by atoms with Crippen molar-refractivity contribution in [3.63, 3.8) is 0 Å². The third-order valence-corrected chi connectivity index (χ3v) is 6.22. The van der Waals surface area contributed by atoms with Crippen molar-refractivity contribution in [3.05, 3.63) is 53.6 Å². The molecule has 1 atom stereocenters. The molecular formula is C22H23F2N7O. The van der Waals surface area contributed by atoms with Crippen LogP contribution in [-0.2, 0) is 5.41 Å². The number of nitrogens with zero attached hydrogens (tertiary/aromatic N) is 6. The number of hydrogen-bond donors (Lipinski definition) is 1. The summed E-state index contributed by atoms with van der Waals surface area (Å²) in [6.45, 7) is 4.05. The molecule has 1 aliphatic carbocycles. The Morgan fingerprint density at radius 1 is 1.12 bits per heavy atom. The van der Waals surface area contributed by atoms with Crippen LogP contribution in [0.1, 0.15) is 63.4 Å². The van der Waals surface area contributed by atoms with Crippen LogP contribution in [0.4, 0.5) is 8.78 Å². The van der Waals surface area contributed by atoms with Gasteiger partial charge >= 0.3 is 0 Å². The minimum Gasteiger partial charge on any atom is -0.465 e. The molecule has 4 aromatic rings. The number of H-pyrrole nitrogens is 1. The minimum atomic E-state index is -0.735. The number of halogens is 2. The van der Waals surface area contributed by atoms with Crippen LogP contribution in [0.5, 0.6) is 5.88 Å². The van der Waals surface area contributed by atoms with E-state index < -0.39 is 17.7 Å². The van der Waals surface area contributed by atoms with E-state index in [2.05, 4.69) is 37.4 Å². The van der Waals surface area contributed by atoms with Crippen molar-refractivity contribution in [2.24, 2.45) is 0 Å². The first-order valence-electron chi connectivity index (χ1n) is 10.7. The lowest BCUT2D eigenvalue weighted by Crippen LogP contribution is -2.27. The number of aromatic amines is 1. The lowest BCUT2D eigenvalue weighted by molar-refractivity contribution is 0.193. The molecule has 1 saturated carbocycles. The van der Waals surface area contributed by atoms with Crippen LogP contribution in [-0.4, -0.2) is 35.0 Å². The van der Waals surface area contributed by atoms with E-state index in [1.807, 2.05) is 13.0 Å². The highest BCUT2D eigenvalue weighted by molar-refractivity contribution is 5.60. The van der Waals surface area contributed by atoms with Gasteiger partial charge in [-0.1, -0.05) is 26.2 Å². The second kappa shape index (κ2) is 7.92. The van der Waals surface area contributed by atoms with Gasteiger partial charge in [0.05, 0.1) is 5.56 Å². The van der Waals surface area contributed by atoms with Gasteiger partial charge in [0.25, 0.3) is 0 Å². The van der Waals surface area contributed by atoms with Gasteiger partial charge in [-0.2, -0.15) is 9.61 Å². The van der Waals surface area contributed by atoms with Gasteiger partial charge in [0, 0.05) is 11.6 Å². The van der Waals surface area contributed by atoms with Gasteiger partial charge in [-0.3, -0.25) is 5.10 Å². The Balaban J connectivity index is 1.65. The van der Waals surface area contributed by atoms with Crippen LogP contribution in [0.15, 0.2) is 30.6 Å². The molecule has 0 bridgehead atoms. The summed E-state index contributed by atoms with van der Waals surface area (Å²) < 4.78 is 35.6. The first kappa shape index (κ1) is 20.5. The molecular weight excluding hydrogens is 416 g/mol. The quantitative estimate of drug-likeness (QED) is 0.490. The molecule has 1 N–H and O–H groups in total. The maximum Gasteiger partial charge on any atom is 0.236 e. The monoisotopic (exact) mass is 439 g/mol. The summed E-state index contributed by atoms with van der Waals surface area (Å²) in [6.07, 6.45) is 6.48. The van der Waals surface area contributed by atoms with E-state index in [-0.39, 0.29) is 16.8 Å². The highest BCUT2D eigenvalue weighted by Gasteiger charge is 2.34. The normalized spacial score (nSPS) is 16.9. The Bertz CT molecular complexity index is 1250. The van der Waals surface area contributed by atoms with Crippen LogP contribution in [0, 0.1) is 11.6 Å². The van der Waals surface area contributed by atoms with Crippen molar-refractivity contribution in [2.75, 3.05) is 0 Å². The van der Waals surface area contributed by atoms with Crippen molar-refractivity contribution in [1.82, 2.24) is 35.0 Å². The zero-order chi connectivity index (χ0) is 22.3. The van der Waals surface area contributed by atoms with Crippen LogP contribution in [0.2, 0.25) is 0 Å². The number of ether oxygens (including phenoxy) is 1. The molecule has 0 aliphatic heterocycles. The molecule has 0 saturated heterocycles. The smallest absolute Gasteiger partial charge is 0.236 e. The maximum absolute atomic E-state index is 14.5. The van der Waals surface area contributed by atoms with Gasteiger partial charge in [0.15, 0.2) is 23.4 Å². The van der Waals surface area contributed by atoms with Crippen molar-refractivity contribution in [2.45, 2.75) is 57.5 Å². The summed E-state index contributed by atoms with van der Waals surface area (Å²) in [5, 5.41) is 19.8. The van der Waals surface area contributed by atoms with Crippen molar-refractivity contribution in [1.29, 1.82) is 0 Å². The van der Waals surface area contributed by atoms with Crippen LogP contribution in [0.3, 0.4) is 0 Å². The molecule has 0 radical (unpaired) electrons. The summed E-state index contributed by atoms with van der Waals surface area (Å²) in [4.78, 5) is 4.17. The molecule has 10 heteroatoms. The molecule has 5 rings (SSSR count). The molecule has 166 valence electrons. The van der Waals surface area contributed by atoms with E-state index in [0.29, 0.717) is 17.4 Å². The number of fused-ring (bicyclic) bond motifs is 1. The van der Waals surface area contributed by atoms with Gasteiger partial charge in [-0.25, -0.2) is 13.8 Å². The standard InChI is InChI=1S/C22H23F2N7O/c1-13(19-25-12-26-28-19)32-21-16(22(2)8-4-3-5-9-22)11-18-27-29-20(31(18)30-21)15-7-6-14(23)10-17(15)24/h6-7,10-13H,3-5,8-9H2,1-2H3,(H,25,26,28). The van der Waals surface area contributed by atoms with Crippen LogP contribution >= 0.6 is 0 Å². The van der Waals surface area contributed by atoms with Crippen molar-refractivity contribution in [3.8, 4) is 17.3 Å². The van der Waals surface area contributed by atoms with Crippen molar-refractivity contribution < 1.29 is 13.5 Å². The Morgan fingerprint density at radius 2 is 1.94 bits per heavy atom. The minimum absolute atomic E-state index is 0.107. The number of aromatic nitrogens is 7. The Hall–Kier alpha value is -3.43. The summed E-state index contributed by atoms with van der Waals surface area (Å²) >= 11 is 0. The van der Waals surface area contributed by atoms with Crippen LogP contribution in [0.25, 0.3) is 17.0 Å². The highest BCUT2D eigenvalue weighted by atomic mass is 19.1. The van der Waals surface area contributed by atoms with E-state index in [1.165, 1.54) is 29.4 Å².